The van der Waals surface area contributed by atoms with Gasteiger partial charge < -0.3 is 10.6 Å². The van der Waals surface area contributed by atoms with E-state index < -0.39 is 0 Å². The average Bonchev–Trinajstić information content (AvgIpc) is 2.59. The van der Waals surface area contributed by atoms with Crippen molar-refractivity contribution in [3.63, 3.8) is 0 Å². The Morgan fingerprint density at radius 3 is 3.04 bits per heavy atom. The van der Waals surface area contributed by atoms with Gasteiger partial charge in [-0.15, -0.1) is 0 Å². The van der Waals surface area contributed by atoms with E-state index in [9.17, 15) is 4.79 Å². The van der Waals surface area contributed by atoms with Crippen LogP contribution in [0.25, 0.3) is 0 Å². The number of hydrogen-bond donors (Lipinski definition) is 2. The van der Waals surface area contributed by atoms with E-state index in [-0.39, 0.29) is 10.6 Å². The minimum Gasteiger partial charge on any atom is -0.404 e. The van der Waals surface area contributed by atoms with Crippen molar-refractivity contribution in [2.45, 2.75) is 19.3 Å². The largest absolute Gasteiger partial charge is 0.404 e. The maximum atomic E-state index is 11.6. The lowest BCUT2D eigenvalue weighted by atomic mass is 10.0. The van der Waals surface area contributed by atoms with Gasteiger partial charge in [0.05, 0.1) is 17.6 Å². The number of nitrogens with zero attached hydrogens (tertiary/aromatic N) is 3. The van der Waals surface area contributed by atoms with E-state index in [4.69, 9.17) is 22.3 Å². The fraction of sp³-hybridized carbons (Fsp3) is 0.312. The van der Waals surface area contributed by atoms with E-state index in [1.54, 1.807) is 12.4 Å². The number of piperidine rings is 1. The number of nitrogens with two attached hydrogens (primary N) is 1. The van der Waals surface area contributed by atoms with E-state index in [0.29, 0.717) is 18.8 Å². The molecule has 0 atom stereocenters. The Bertz CT molecular complexity index is 775. The molecule has 1 aliphatic heterocycles. The van der Waals surface area contributed by atoms with Crippen LogP contribution in [0.3, 0.4) is 0 Å². The lowest BCUT2D eigenvalue weighted by molar-refractivity contribution is 0.811. The number of halogens is 1. The van der Waals surface area contributed by atoms with E-state index in [2.05, 4.69) is 22.3 Å². The molecule has 3 N–H and O–H groups in total. The van der Waals surface area contributed by atoms with Gasteiger partial charge in [-0.05, 0) is 18.9 Å². The summed E-state index contributed by atoms with van der Waals surface area (Å²) < 4.78 is 0. The van der Waals surface area contributed by atoms with Crippen LogP contribution in [0.1, 0.15) is 19.3 Å². The van der Waals surface area contributed by atoms with Crippen LogP contribution in [0, 0.1) is 0 Å². The zero-order valence-electron chi connectivity index (χ0n) is 12.6. The van der Waals surface area contributed by atoms with Gasteiger partial charge in [-0.3, -0.25) is 9.79 Å². The molecule has 0 aromatic carbocycles. The molecule has 2 heterocycles. The fourth-order valence-electron chi connectivity index (χ4n) is 2.69. The molecule has 0 unspecified atom stereocenters. The average molecular weight is 332 g/mol. The number of hydrogen-bond acceptors (Lipinski definition) is 5. The van der Waals surface area contributed by atoms with Crippen molar-refractivity contribution in [3.8, 4) is 0 Å². The summed E-state index contributed by atoms with van der Waals surface area (Å²) in [6.45, 7) is 1.26. The lowest BCUT2D eigenvalue weighted by Crippen LogP contribution is -2.37. The number of H-pyrrole nitrogens is 1. The van der Waals surface area contributed by atoms with Crippen LogP contribution in [0.4, 0.5) is 5.69 Å². The quantitative estimate of drug-likeness (QED) is 0.869. The maximum Gasteiger partial charge on any atom is 0.285 e. The predicted octanol–water partition coefficient (Wildman–Crippen LogP) is 2.15. The summed E-state index contributed by atoms with van der Waals surface area (Å²) in [6.07, 6.45) is 12.2. The number of allylic oxidation sites excluding steroid dienone is 3. The Labute approximate surface area is 139 Å². The van der Waals surface area contributed by atoms with Crippen LogP contribution >= 0.6 is 11.6 Å². The molecule has 23 heavy (non-hydrogen) atoms. The van der Waals surface area contributed by atoms with E-state index in [1.165, 1.54) is 0 Å². The Balaban J connectivity index is 1.83. The van der Waals surface area contributed by atoms with Crippen LogP contribution in [0.15, 0.2) is 51.7 Å². The second-order valence-electron chi connectivity index (χ2n) is 5.43. The molecule has 2 aliphatic rings. The molecule has 0 radical (unpaired) electrons. The topological polar surface area (TPSA) is 87.4 Å². The minimum atomic E-state index is -0.389. The Morgan fingerprint density at radius 1 is 1.43 bits per heavy atom. The molecule has 120 valence electrons. The monoisotopic (exact) mass is 331 g/mol. The van der Waals surface area contributed by atoms with Gasteiger partial charge in [0.1, 0.15) is 5.02 Å². The fourth-order valence-corrected chi connectivity index (χ4v) is 2.90. The van der Waals surface area contributed by atoms with Crippen LogP contribution < -0.4 is 16.2 Å². The standard InChI is InChI=1S/C16H18ClN5O/c17-15-14(9-19-21-16(15)23)22-7-6-13(11(8-18)10-22)20-12-4-2-1-3-5-12/h2,4-5,8-9H,1,3,6-7,10,18H2,(H,21,23). The van der Waals surface area contributed by atoms with Gasteiger partial charge >= 0.3 is 0 Å². The highest BCUT2D eigenvalue weighted by molar-refractivity contribution is 6.33. The molecule has 7 heteroatoms. The van der Waals surface area contributed by atoms with Gasteiger partial charge in [0.25, 0.3) is 5.56 Å². The second kappa shape index (κ2) is 6.83. The smallest absolute Gasteiger partial charge is 0.285 e. The number of anilines is 1. The van der Waals surface area contributed by atoms with Crippen LogP contribution in [0.5, 0.6) is 0 Å². The number of aliphatic imine (C=N–C) groups is 1. The molecule has 0 amide bonds. The van der Waals surface area contributed by atoms with Crippen molar-refractivity contribution >= 4 is 23.0 Å². The molecular weight excluding hydrogens is 314 g/mol. The van der Waals surface area contributed by atoms with E-state index in [0.717, 1.165) is 36.2 Å². The molecule has 0 spiro atoms. The third-order valence-electron chi connectivity index (χ3n) is 3.91. The van der Waals surface area contributed by atoms with Gasteiger partial charge in [0.15, 0.2) is 0 Å². The predicted molar refractivity (Wildman–Crippen MR) is 92.9 cm³/mol. The first-order chi connectivity index (χ1) is 11.2. The highest BCUT2D eigenvalue weighted by atomic mass is 35.5. The van der Waals surface area contributed by atoms with Crippen LogP contribution in [-0.4, -0.2) is 29.0 Å². The summed E-state index contributed by atoms with van der Waals surface area (Å²) in [7, 11) is 0. The van der Waals surface area contributed by atoms with Crippen LogP contribution in [-0.2, 0) is 0 Å². The second-order valence-corrected chi connectivity index (χ2v) is 5.81. The number of rotatable bonds is 2. The molecule has 6 nitrogen and oxygen atoms in total. The summed E-state index contributed by atoms with van der Waals surface area (Å²) >= 11 is 6.08. The molecule has 1 aromatic heterocycles. The first-order valence-electron chi connectivity index (χ1n) is 7.52. The summed E-state index contributed by atoms with van der Waals surface area (Å²) in [5.41, 5.74) is 8.91. The highest BCUT2D eigenvalue weighted by Gasteiger charge is 2.23. The third kappa shape index (κ3) is 3.37. The van der Waals surface area contributed by atoms with Gasteiger partial charge in [0, 0.05) is 37.0 Å². The normalized spacial score (nSPS) is 21.8. The summed E-state index contributed by atoms with van der Waals surface area (Å²) in [6, 6.07) is 0. The molecule has 1 saturated heterocycles. The lowest BCUT2D eigenvalue weighted by Gasteiger charge is -2.31. The van der Waals surface area contributed by atoms with Crippen molar-refractivity contribution in [2.24, 2.45) is 10.7 Å². The van der Waals surface area contributed by atoms with Crippen molar-refractivity contribution in [3.05, 3.63) is 57.3 Å². The number of nitrogens with one attached hydrogen (secondary N) is 1. The maximum absolute atomic E-state index is 11.6. The zero-order chi connectivity index (χ0) is 16.2. The summed E-state index contributed by atoms with van der Waals surface area (Å²) in [4.78, 5) is 18.3. The van der Waals surface area contributed by atoms with Crippen molar-refractivity contribution in [1.29, 1.82) is 0 Å². The molecular formula is C16H18ClN5O. The SMILES string of the molecule is NC=C1CN(c2cn[nH]c(=O)c2Cl)CCC1=NC1=CCCC=C1. The number of aromatic amines is 1. The van der Waals surface area contributed by atoms with E-state index in [1.807, 2.05) is 11.0 Å². The van der Waals surface area contributed by atoms with Crippen LogP contribution in [0.2, 0.25) is 5.02 Å². The first kappa shape index (κ1) is 15.6. The van der Waals surface area contributed by atoms with Gasteiger partial charge in [-0.25, -0.2) is 5.10 Å². The first-order valence-corrected chi connectivity index (χ1v) is 7.90. The molecule has 1 aliphatic carbocycles. The zero-order valence-corrected chi connectivity index (χ0v) is 13.4. The molecule has 0 bridgehead atoms. The van der Waals surface area contributed by atoms with Gasteiger partial charge in [-0.1, -0.05) is 23.8 Å². The summed E-state index contributed by atoms with van der Waals surface area (Å²) in [5, 5.41) is 6.29. The molecule has 3 rings (SSSR count). The van der Waals surface area contributed by atoms with Gasteiger partial charge in [0.2, 0.25) is 0 Å². The molecule has 0 saturated carbocycles. The van der Waals surface area contributed by atoms with Crippen molar-refractivity contribution < 1.29 is 0 Å². The molecule has 1 aromatic rings. The Hall–Kier alpha value is -2.34. The summed E-state index contributed by atoms with van der Waals surface area (Å²) in [5.74, 6) is 0. The Kier molecular flexibility index (Phi) is 4.62. The Morgan fingerprint density at radius 2 is 2.30 bits per heavy atom. The minimum absolute atomic E-state index is 0.148. The van der Waals surface area contributed by atoms with Crippen molar-refractivity contribution in [2.75, 3.05) is 18.0 Å². The molecule has 1 fully saturated rings. The number of aromatic nitrogens is 2. The van der Waals surface area contributed by atoms with Gasteiger partial charge in [-0.2, -0.15) is 5.10 Å². The van der Waals surface area contributed by atoms with E-state index >= 15 is 0 Å². The highest BCUT2D eigenvalue weighted by Crippen LogP contribution is 2.26. The third-order valence-corrected chi connectivity index (χ3v) is 4.27. The van der Waals surface area contributed by atoms with Crippen molar-refractivity contribution in [1.82, 2.24) is 10.2 Å².